The van der Waals surface area contributed by atoms with Gasteiger partial charge >= 0.3 is 0 Å². The molecule has 2 fully saturated rings. The first-order valence-electron chi connectivity index (χ1n) is 10.6. The standard InChI is InChI=1S/C24H26N2O6/c1-24(2)11-17(27)21(18(28)12-24)22(29)15-10-16(13-5-6-13)25-26(23(15)30)14-7-8-19(31-3)20(9-14)32-4/h7-10,13,21H,5-6,11-12H2,1-4H3. The predicted molar refractivity (Wildman–Crippen MR) is 116 cm³/mol. The molecular weight excluding hydrogens is 412 g/mol. The molecule has 2 aliphatic rings. The molecule has 0 aliphatic heterocycles. The van der Waals surface area contributed by atoms with Crippen LogP contribution in [0.1, 0.15) is 61.5 Å². The summed E-state index contributed by atoms with van der Waals surface area (Å²) in [5.74, 6) is -1.99. The zero-order valence-corrected chi connectivity index (χ0v) is 18.6. The number of benzene rings is 1. The van der Waals surface area contributed by atoms with Crippen LogP contribution < -0.4 is 15.0 Å². The van der Waals surface area contributed by atoms with E-state index in [1.54, 1.807) is 18.2 Å². The second kappa shape index (κ2) is 8.00. The molecule has 0 spiro atoms. The lowest BCUT2D eigenvalue weighted by Crippen LogP contribution is -2.43. The molecule has 0 amide bonds. The second-order valence-corrected chi connectivity index (χ2v) is 9.26. The third-order valence-corrected chi connectivity index (χ3v) is 6.01. The monoisotopic (exact) mass is 438 g/mol. The molecule has 2 aromatic rings. The maximum absolute atomic E-state index is 13.3. The molecule has 1 aromatic carbocycles. The molecule has 0 radical (unpaired) electrons. The lowest BCUT2D eigenvalue weighted by molar-refractivity contribution is -0.137. The Kier molecular flexibility index (Phi) is 5.48. The largest absolute Gasteiger partial charge is 0.493 e. The maximum Gasteiger partial charge on any atom is 0.282 e. The van der Waals surface area contributed by atoms with Gasteiger partial charge in [0.2, 0.25) is 0 Å². The van der Waals surface area contributed by atoms with E-state index in [0.717, 1.165) is 17.5 Å². The van der Waals surface area contributed by atoms with Crippen molar-refractivity contribution in [1.29, 1.82) is 0 Å². The van der Waals surface area contributed by atoms with Gasteiger partial charge in [-0.3, -0.25) is 19.2 Å². The second-order valence-electron chi connectivity index (χ2n) is 9.26. The third-order valence-electron chi connectivity index (χ3n) is 6.01. The van der Waals surface area contributed by atoms with Crippen molar-refractivity contribution in [1.82, 2.24) is 9.78 Å². The Bertz CT molecular complexity index is 1160. The number of carbonyl (C=O) groups excluding carboxylic acids is 3. The van der Waals surface area contributed by atoms with Gasteiger partial charge in [-0.15, -0.1) is 0 Å². The van der Waals surface area contributed by atoms with E-state index >= 15 is 0 Å². The SMILES string of the molecule is COc1ccc(-n2nc(C3CC3)cc(C(=O)C3C(=O)CC(C)(C)CC3=O)c2=O)cc1OC. The number of rotatable bonds is 6. The Morgan fingerprint density at radius 3 is 2.19 bits per heavy atom. The van der Waals surface area contributed by atoms with Crippen LogP contribution in [0, 0.1) is 11.3 Å². The van der Waals surface area contributed by atoms with Crippen molar-refractivity contribution in [2.24, 2.45) is 11.3 Å². The van der Waals surface area contributed by atoms with Gasteiger partial charge in [0.15, 0.2) is 28.8 Å². The van der Waals surface area contributed by atoms with Crippen LogP contribution in [0.3, 0.4) is 0 Å². The molecule has 1 aromatic heterocycles. The van der Waals surface area contributed by atoms with E-state index < -0.39 is 34.2 Å². The summed E-state index contributed by atoms with van der Waals surface area (Å²) < 4.78 is 11.7. The van der Waals surface area contributed by atoms with Crippen LogP contribution in [0.5, 0.6) is 11.5 Å². The minimum Gasteiger partial charge on any atom is -0.493 e. The fourth-order valence-corrected chi connectivity index (χ4v) is 4.24. The number of aromatic nitrogens is 2. The summed E-state index contributed by atoms with van der Waals surface area (Å²) in [4.78, 5) is 52.0. The fraction of sp³-hybridized carbons (Fsp3) is 0.458. The van der Waals surface area contributed by atoms with Crippen molar-refractivity contribution in [3.05, 3.63) is 45.9 Å². The summed E-state index contributed by atoms with van der Waals surface area (Å²) in [6.45, 7) is 3.65. The minimum atomic E-state index is -1.43. The van der Waals surface area contributed by atoms with Gasteiger partial charge in [0, 0.05) is 24.8 Å². The zero-order chi connectivity index (χ0) is 23.2. The first-order valence-corrected chi connectivity index (χ1v) is 10.6. The highest BCUT2D eigenvalue weighted by Crippen LogP contribution is 2.40. The van der Waals surface area contributed by atoms with Crippen molar-refractivity contribution in [3.8, 4) is 17.2 Å². The highest BCUT2D eigenvalue weighted by Gasteiger charge is 2.44. The van der Waals surface area contributed by atoms with Crippen LogP contribution in [0.25, 0.3) is 5.69 Å². The van der Waals surface area contributed by atoms with Crippen molar-refractivity contribution in [2.45, 2.75) is 45.4 Å². The van der Waals surface area contributed by atoms with Crippen LogP contribution >= 0.6 is 0 Å². The van der Waals surface area contributed by atoms with Gasteiger partial charge in [-0.05, 0) is 36.5 Å². The topological polar surface area (TPSA) is 105 Å². The fourth-order valence-electron chi connectivity index (χ4n) is 4.24. The number of Topliss-reactive ketones (excluding diaryl/α,β-unsaturated/α-hetero) is 3. The minimum absolute atomic E-state index is 0.125. The summed E-state index contributed by atoms with van der Waals surface area (Å²) in [6, 6.07) is 6.33. The Balaban J connectivity index is 1.81. The van der Waals surface area contributed by atoms with E-state index in [9.17, 15) is 19.2 Å². The molecule has 0 bridgehead atoms. The van der Waals surface area contributed by atoms with Crippen molar-refractivity contribution in [2.75, 3.05) is 14.2 Å². The molecule has 0 N–H and O–H groups in total. The van der Waals surface area contributed by atoms with E-state index in [1.165, 1.54) is 20.3 Å². The number of carbonyl (C=O) groups is 3. The molecule has 4 rings (SSSR count). The molecular formula is C24H26N2O6. The smallest absolute Gasteiger partial charge is 0.282 e. The molecule has 2 aliphatic carbocycles. The summed E-state index contributed by atoms with van der Waals surface area (Å²) >= 11 is 0. The molecule has 0 saturated heterocycles. The molecule has 8 nitrogen and oxygen atoms in total. The van der Waals surface area contributed by atoms with Crippen LogP contribution in [0.15, 0.2) is 29.1 Å². The van der Waals surface area contributed by atoms with Crippen molar-refractivity contribution in [3.63, 3.8) is 0 Å². The van der Waals surface area contributed by atoms with Crippen LogP contribution in [-0.2, 0) is 9.59 Å². The highest BCUT2D eigenvalue weighted by molar-refractivity contribution is 6.25. The number of hydrogen-bond acceptors (Lipinski definition) is 7. The normalized spacial score (nSPS) is 18.5. The summed E-state index contributed by atoms with van der Waals surface area (Å²) in [5.41, 5.74) is -0.340. The van der Waals surface area contributed by atoms with Gasteiger partial charge < -0.3 is 9.47 Å². The van der Waals surface area contributed by atoms with Gasteiger partial charge in [0.1, 0.15) is 5.92 Å². The number of methoxy groups -OCH3 is 2. The van der Waals surface area contributed by atoms with Gasteiger partial charge in [-0.2, -0.15) is 9.78 Å². The van der Waals surface area contributed by atoms with Gasteiger partial charge in [0.25, 0.3) is 5.56 Å². The van der Waals surface area contributed by atoms with E-state index in [1.807, 2.05) is 13.8 Å². The van der Waals surface area contributed by atoms with Crippen LogP contribution in [0.2, 0.25) is 0 Å². The van der Waals surface area contributed by atoms with E-state index in [2.05, 4.69) is 5.10 Å². The Labute approximate surface area is 185 Å². The lowest BCUT2D eigenvalue weighted by atomic mass is 9.70. The number of hydrogen-bond donors (Lipinski definition) is 0. The van der Waals surface area contributed by atoms with Gasteiger partial charge in [-0.1, -0.05) is 13.8 Å². The molecule has 2 saturated carbocycles. The van der Waals surface area contributed by atoms with Crippen LogP contribution in [-0.4, -0.2) is 41.3 Å². The summed E-state index contributed by atoms with van der Waals surface area (Å²) in [6.07, 6.45) is 2.06. The van der Waals surface area contributed by atoms with Gasteiger partial charge in [-0.25, -0.2) is 0 Å². The van der Waals surface area contributed by atoms with E-state index in [0.29, 0.717) is 22.9 Å². The van der Waals surface area contributed by atoms with E-state index in [4.69, 9.17) is 9.47 Å². The van der Waals surface area contributed by atoms with Gasteiger partial charge in [0.05, 0.1) is 31.2 Å². The molecule has 32 heavy (non-hydrogen) atoms. The first kappa shape index (κ1) is 21.9. The third kappa shape index (κ3) is 3.97. The molecule has 0 atom stereocenters. The number of ether oxygens (including phenoxy) is 2. The zero-order valence-electron chi connectivity index (χ0n) is 18.6. The van der Waals surface area contributed by atoms with Crippen molar-refractivity contribution < 1.29 is 23.9 Å². The lowest BCUT2D eigenvalue weighted by Gasteiger charge is -2.31. The predicted octanol–water partition coefficient (Wildman–Crippen LogP) is 2.88. The Morgan fingerprint density at radius 2 is 1.62 bits per heavy atom. The molecule has 8 heteroatoms. The maximum atomic E-state index is 13.3. The van der Waals surface area contributed by atoms with Crippen LogP contribution in [0.4, 0.5) is 0 Å². The quantitative estimate of drug-likeness (QED) is 0.504. The Hall–Kier alpha value is -3.29. The average Bonchev–Trinajstić information content (AvgIpc) is 3.57. The molecule has 1 heterocycles. The first-order chi connectivity index (χ1) is 15.1. The summed E-state index contributed by atoms with van der Waals surface area (Å²) in [7, 11) is 2.99. The summed E-state index contributed by atoms with van der Waals surface area (Å²) in [5, 5.41) is 4.47. The highest BCUT2D eigenvalue weighted by atomic mass is 16.5. The van der Waals surface area contributed by atoms with E-state index in [-0.39, 0.29) is 24.3 Å². The number of ketones is 3. The van der Waals surface area contributed by atoms with Crippen molar-refractivity contribution >= 4 is 17.3 Å². The number of nitrogens with zero attached hydrogens (tertiary/aromatic N) is 2. The molecule has 0 unspecified atom stereocenters. The molecule has 168 valence electrons. The average molecular weight is 438 g/mol. The Morgan fingerprint density at radius 1 is 1.00 bits per heavy atom.